The molecule has 1 amide bonds. The lowest BCUT2D eigenvalue weighted by Crippen LogP contribution is -2.60. The normalized spacial score (nSPS) is 14.8. The Bertz CT molecular complexity index is 636. The Kier molecular flexibility index (Phi) is 11.2. The molecule has 0 rings (SSSR count). The van der Waals surface area contributed by atoms with Gasteiger partial charge in [-0.05, 0) is 72.3 Å². The maximum Gasteiger partial charge on any atom is 0.469 e. The molecule has 0 aromatic carbocycles. The summed E-state index contributed by atoms with van der Waals surface area (Å²) in [7, 11) is -5.35. The lowest BCUT2D eigenvalue weighted by Gasteiger charge is -2.43. The van der Waals surface area contributed by atoms with Crippen molar-refractivity contribution in [1.29, 1.82) is 0 Å². The fraction of sp³-hybridized carbons (Fsp3) is 0.810. The Morgan fingerprint density at radius 1 is 0.812 bits per heavy atom. The molecule has 1 unspecified atom stereocenters. The van der Waals surface area contributed by atoms with Crippen molar-refractivity contribution in [1.82, 2.24) is 0 Å². The second-order valence-electron chi connectivity index (χ2n) is 11.9. The molecule has 0 aliphatic carbocycles. The summed E-state index contributed by atoms with van der Waals surface area (Å²) < 4.78 is 25.8. The number of amides is 1. The second-order valence-corrected chi connectivity index (χ2v) is 28.9. The highest BCUT2D eigenvalue weighted by atomic mass is 28.5. The number of hydrogen-bond acceptors (Lipinski definition) is 6. The summed E-state index contributed by atoms with van der Waals surface area (Å²) >= 11 is 0. The Morgan fingerprint density at radius 3 is 1.47 bits per heavy atom. The van der Waals surface area contributed by atoms with E-state index in [1.807, 2.05) is 0 Å². The van der Waals surface area contributed by atoms with E-state index in [1.54, 1.807) is 21.0 Å². The minimum Gasteiger partial charge on any atom is -0.417 e. The lowest BCUT2D eigenvalue weighted by atomic mass is 10.2. The highest BCUT2D eigenvalue weighted by Gasteiger charge is 2.50. The van der Waals surface area contributed by atoms with Gasteiger partial charge in [0.05, 0.1) is 21.0 Å². The second kappa shape index (κ2) is 11.3. The monoisotopic (exact) mass is 522 g/mol. The molecule has 0 bridgehead atoms. The van der Waals surface area contributed by atoms with Crippen molar-refractivity contribution in [3.05, 3.63) is 12.2 Å². The van der Waals surface area contributed by atoms with E-state index >= 15 is 0 Å². The van der Waals surface area contributed by atoms with Crippen molar-refractivity contribution in [3.63, 3.8) is 0 Å². The van der Waals surface area contributed by atoms with Crippen LogP contribution in [0.2, 0.25) is 65.0 Å². The minimum atomic E-state index is -2.98. The van der Waals surface area contributed by atoms with Crippen molar-refractivity contribution < 1.29 is 31.2 Å². The van der Waals surface area contributed by atoms with Crippen LogP contribution in [0.3, 0.4) is 0 Å². The summed E-state index contributed by atoms with van der Waals surface area (Å²) in [6.07, 6.45) is 0.544. The van der Waals surface area contributed by atoms with Crippen LogP contribution >= 0.6 is 0 Å². The summed E-state index contributed by atoms with van der Waals surface area (Å²) in [6.45, 7) is 26.2. The van der Waals surface area contributed by atoms with Crippen LogP contribution in [0.25, 0.3) is 0 Å². The number of hydrogen-bond donors (Lipinski definition) is 0. The van der Waals surface area contributed by atoms with E-state index < -0.39 is 46.0 Å². The first kappa shape index (κ1) is 31.6. The highest BCUT2D eigenvalue weighted by molar-refractivity contribution is 6.90. The summed E-state index contributed by atoms with van der Waals surface area (Å²) in [5.41, 5.74) is 0.313. The van der Waals surface area contributed by atoms with Gasteiger partial charge in [-0.2, -0.15) is 0 Å². The molecule has 0 aliphatic heterocycles. The van der Waals surface area contributed by atoms with Gasteiger partial charge in [-0.25, -0.2) is 14.1 Å². The van der Waals surface area contributed by atoms with Crippen molar-refractivity contribution in [2.24, 2.45) is 0 Å². The molecule has 0 aromatic heterocycles. The van der Waals surface area contributed by atoms with Gasteiger partial charge in [-0.1, -0.05) is 6.58 Å². The maximum absolute atomic E-state index is 12.3. The first-order valence-corrected chi connectivity index (χ1v) is 23.5. The van der Waals surface area contributed by atoms with Crippen LogP contribution in [0.4, 0.5) is 0 Å². The zero-order valence-electron chi connectivity index (χ0n) is 22.8. The van der Waals surface area contributed by atoms with Crippen LogP contribution < -0.4 is 0 Å². The van der Waals surface area contributed by atoms with Crippen LogP contribution in [-0.2, 0) is 26.7 Å². The molecule has 0 aliphatic rings. The van der Waals surface area contributed by atoms with Gasteiger partial charge in [0.15, 0.2) is 25.0 Å². The predicted molar refractivity (Wildman–Crippen MR) is 141 cm³/mol. The zero-order valence-corrected chi connectivity index (χ0v) is 26.8. The molecule has 11 heteroatoms. The zero-order chi connectivity index (χ0) is 25.8. The molecule has 0 fully saturated rings. The van der Waals surface area contributed by atoms with Crippen LogP contribution in [0.15, 0.2) is 12.2 Å². The average Bonchev–Trinajstić information content (AvgIpc) is 2.47. The van der Waals surface area contributed by atoms with Crippen molar-refractivity contribution in [2.75, 3.05) is 14.1 Å². The SMILES string of the molecule is C=C(C)C(=O)OC(CCC[Si](O[Si](C)(C)C)(O[Si](C)(C)C)O[Si](C)(C)C)[N+](C)(C)C(C)=O. The van der Waals surface area contributed by atoms with Crippen molar-refractivity contribution in [2.45, 2.75) is 97.9 Å². The Morgan fingerprint density at radius 2 is 1.19 bits per heavy atom. The van der Waals surface area contributed by atoms with Gasteiger partial charge >= 0.3 is 20.7 Å². The molecule has 1 atom stereocenters. The first-order chi connectivity index (χ1) is 14.0. The fourth-order valence-corrected chi connectivity index (χ4v) is 17.7. The van der Waals surface area contributed by atoms with E-state index in [1.165, 1.54) is 6.92 Å². The molecule has 0 N–H and O–H groups in total. The summed E-state index contributed by atoms with van der Waals surface area (Å²) in [4.78, 5) is 24.5. The fourth-order valence-electron chi connectivity index (χ4n) is 3.05. The van der Waals surface area contributed by atoms with Gasteiger partial charge in [-0.3, -0.25) is 0 Å². The van der Waals surface area contributed by atoms with E-state index in [-0.39, 0.29) is 10.4 Å². The van der Waals surface area contributed by atoms with Gasteiger partial charge in [0, 0.05) is 18.0 Å². The number of carbonyl (C=O) groups is 2. The molecule has 7 nitrogen and oxygen atoms in total. The van der Waals surface area contributed by atoms with Crippen molar-refractivity contribution >= 4 is 45.6 Å². The standard InChI is InChI=1S/C21H48NO6Si4/c1-18(2)21(24)25-20(22(4,5)19(3)23)16-15-17-32(26-29(6,7)8,27-30(9,10)11)28-31(12,13)14/h20H,1,15-17H2,2-14H3/q+1. The first-order valence-electron chi connectivity index (χ1n) is 11.3. The Balaban J connectivity index is 5.92. The van der Waals surface area contributed by atoms with Gasteiger partial charge in [0.25, 0.3) is 0 Å². The third-order valence-electron chi connectivity index (χ3n) is 4.44. The number of esters is 1. The topological polar surface area (TPSA) is 71.1 Å². The largest absolute Gasteiger partial charge is 0.469 e. The maximum atomic E-state index is 12.3. The molecular weight excluding hydrogens is 475 g/mol. The van der Waals surface area contributed by atoms with E-state index in [4.69, 9.17) is 17.1 Å². The highest BCUT2D eigenvalue weighted by Crippen LogP contribution is 2.31. The van der Waals surface area contributed by atoms with Gasteiger partial charge in [0.2, 0.25) is 6.23 Å². The van der Waals surface area contributed by atoms with Crippen LogP contribution in [0, 0.1) is 0 Å². The Labute approximate surface area is 200 Å². The van der Waals surface area contributed by atoms with Crippen LogP contribution in [0.1, 0.15) is 26.7 Å². The van der Waals surface area contributed by atoms with E-state index in [9.17, 15) is 9.59 Å². The smallest absolute Gasteiger partial charge is 0.417 e. The molecule has 0 saturated heterocycles. The summed E-state index contributed by atoms with van der Waals surface area (Å²) in [6, 6.07) is 0.630. The third-order valence-corrected chi connectivity index (χ3v) is 16.5. The van der Waals surface area contributed by atoms with E-state index in [0.717, 1.165) is 0 Å². The molecule has 0 radical (unpaired) electrons. The number of carbonyl (C=O) groups excluding carboxylic acids is 2. The summed E-state index contributed by atoms with van der Waals surface area (Å²) in [5, 5.41) is 0. The molecule has 32 heavy (non-hydrogen) atoms. The molecule has 0 aromatic rings. The van der Waals surface area contributed by atoms with Crippen LogP contribution in [-0.4, -0.2) is 70.4 Å². The van der Waals surface area contributed by atoms with Gasteiger partial charge in [-0.15, -0.1) is 0 Å². The number of ether oxygens (including phenoxy) is 1. The lowest BCUT2D eigenvalue weighted by molar-refractivity contribution is -0.863. The average molecular weight is 523 g/mol. The molecule has 188 valence electrons. The molecular formula is C21H48NO6Si4+. The number of quaternary nitrogens is 1. The quantitative estimate of drug-likeness (QED) is 0.107. The molecule has 0 saturated carbocycles. The van der Waals surface area contributed by atoms with Crippen molar-refractivity contribution in [3.8, 4) is 0 Å². The van der Waals surface area contributed by atoms with Gasteiger partial charge < -0.3 is 17.1 Å². The third kappa shape index (κ3) is 12.2. The predicted octanol–water partition coefficient (Wildman–Crippen LogP) is 5.33. The number of rotatable bonds is 13. The Hall–Kier alpha value is -0.412. The molecule has 0 spiro atoms. The minimum absolute atomic E-state index is 0.0494. The summed E-state index contributed by atoms with van der Waals surface area (Å²) in [5.74, 6) is -0.566. The number of nitrogens with zero attached hydrogens (tertiary/aromatic N) is 1. The van der Waals surface area contributed by atoms with E-state index in [2.05, 4.69) is 65.5 Å². The van der Waals surface area contributed by atoms with Crippen LogP contribution in [0.5, 0.6) is 0 Å². The van der Waals surface area contributed by atoms with E-state index in [0.29, 0.717) is 24.5 Å². The molecule has 0 heterocycles. The van der Waals surface area contributed by atoms with Gasteiger partial charge in [0.1, 0.15) is 0 Å².